The number of sulfonamides is 1. The van der Waals surface area contributed by atoms with Gasteiger partial charge in [-0.25, -0.2) is 13.6 Å². The summed E-state index contributed by atoms with van der Waals surface area (Å²) in [5.41, 5.74) is 1.51. The molecule has 1 rings (SSSR count). The van der Waals surface area contributed by atoms with Gasteiger partial charge in [-0.3, -0.25) is 0 Å². The summed E-state index contributed by atoms with van der Waals surface area (Å²) in [5.74, 6) is 0. The summed E-state index contributed by atoms with van der Waals surface area (Å²) < 4.78 is 22.3. The molecule has 0 bridgehead atoms. The second-order valence-corrected chi connectivity index (χ2v) is 4.66. The fraction of sp³-hybridized carbons (Fsp3) is 0.333. The van der Waals surface area contributed by atoms with Crippen molar-refractivity contribution < 1.29 is 13.5 Å². The average molecular weight is 215 g/mol. The quantitative estimate of drug-likeness (QED) is 0.754. The van der Waals surface area contributed by atoms with Crippen molar-refractivity contribution in [3.63, 3.8) is 0 Å². The fourth-order valence-corrected chi connectivity index (χ4v) is 2.09. The third kappa shape index (κ3) is 2.54. The fourth-order valence-electron chi connectivity index (χ4n) is 1.30. The average Bonchev–Trinajstić information content (AvgIpc) is 2.02. The van der Waals surface area contributed by atoms with Crippen LogP contribution in [-0.4, -0.2) is 20.1 Å². The minimum Gasteiger partial charge on any atom is -0.396 e. The molecule has 0 radical (unpaired) electrons. The Labute approximate surface area is 83.4 Å². The van der Waals surface area contributed by atoms with Crippen molar-refractivity contribution in [1.82, 2.24) is 0 Å². The molecule has 0 saturated carbocycles. The lowest BCUT2D eigenvalue weighted by Gasteiger charge is -2.07. The second kappa shape index (κ2) is 4.08. The van der Waals surface area contributed by atoms with E-state index in [4.69, 9.17) is 10.2 Å². The topological polar surface area (TPSA) is 80.4 Å². The summed E-state index contributed by atoms with van der Waals surface area (Å²) in [4.78, 5) is 0.0946. The molecule has 5 heteroatoms. The number of aliphatic hydroxyl groups is 1. The summed E-state index contributed by atoms with van der Waals surface area (Å²) >= 11 is 0. The Kier molecular flexibility index (Phi) is 3.25. The van der Waals surface area contributed by atoms with Gasteiger partial charge in [-0.1, -0.05) is 17.7 Å². The van der Waals surface area contributed by atoms with E-state index in [1.807, 2.05) is 6.92 Å². The van der Waals surface area contributed by atoms with Crippen LogP contribution in [0.4, 0.5) is 0 Å². The van der Waals surface area contributed by atoms with E-state index < -0.39 is 10.0 Å². The highest BCUT2D eigenvalue weighted by atomic mass is 32.2. The largest absolute Gasteiger partial charge is 0.396 e. The molecule has 0 aliphatic carbocycles. The van der Waals surface area contributed by atoms with Gasteiger partial charge in [-0.05, 0) is 25.0 Å². The van der Waals surface area contributed by atoms with Gasteiger partial charge in [0.25, 0.3) is 0 Å². The van der Waals surface area contributed by atoms with Gasteiger partial charge >= 0.3 is 0 Å². The van der Waals surface area contributed by atoms with Gasteiger partial charge in [0.05, 0.1) is 4.90 Å². The summed E-state index contributed by atoms with van der Waals surface area (Å²) in [6.07, 6.45) is 0.299. The zero-order valence-electron chi connectivity index (χ0n) is 7.90. The zero-order chi connectivity index (χ0) is 10.8. The van der Waals surface area contributed by atoms with E-state index in [-0.39, 0.29) is 11.5 Å². The Hall–Kier alpha value is -0.910. The molecular weight excluding hydrogens is 202 g/mol. The van der Waals surface area contributed by atoms with Gasteiger partial charge in [0, 0.05) is 6.61 Å². The first-order chi connectivity index (χ1) is 6.45. The molecule has 0 unspecified atom stereocenters. The molecule has 1 aromatic rings. The molecule has 0 heterocycles. The molecule has 0 amide bonds. The van der Waals surface area contributed by atoms with Crippen LogP contribution in [0.15, 0.2) is 23.1 Å². The Morgan fingerprint density at radius 1 is 1.43 bits per heavy atom. The summed E-state index contributed by atoms with van der Waals surface area (Å²) in [5, 5.41) is 13.8. The highest BCUT2D eigenvalue weighted by Crippen LogP contribution is 2.16. The molecule has 14 heavy (non-hydrogen) atoms. The van der Waals surface area contributed by atoms with Gasteiger partial charge in [-0.15, -0.1) is 0 Å². The van der Waals surface area contributed by atoms with Crippen LogP contribution in [-0.2, 0) is 16.4 Å². The van der Waals surface area contributed by atoms with E-state index in [1.165, 1.54) is 6.07 Å². The van der Waals surface area contributed by atoms with Crippen molar-refractivity contribution in [2.24, 2.45) is 5.14 Å². The summed E-state index contributed by atoms with van der Waals surface area (Å²) in [6.45, 7) is 1.76. The lowest BCUT2D eigenvalue weighted by Crippen LogP contribution is -2.15. The number of aliphatic hydroxyl groups excluding tert-OH is 1. The second-order valence-electron chi connectivity index (χ2n) is 3.13. The highest BCUT2D eigenvalue weighted by Gasteiger charge is 2.12. The first-order valence-corrected chi connectivity index (χ1v) is 5.73. The van der Waals surface area contributed by atoms with Crippen molar-refractivity contribution in [3.05, 3.63) is 29.3 Å². The monoisotopic (exact) mass is 215 g/mol. The first kappa shape index (κ1) is 11.2. The molecule has 0 atom stereocenters. The number of hydrogen-bond donors (Lipinski definition) is 2. The molecule has 1 aromatic carbocycles. The van der Waals surface area contributed by atoms with Crippen LogP contribution < -0.4 is 5.14 Å². The molecular formula is C9H13NO3S. The first-order valence-electron chi connectivity index (χ1n) is 4.18. The normalized spacial score (nSPS) is 11.6. The van der Waals surface area contributed by atoms with Crippen LogP contribution in [0.2, 0.25) is 0 Å². The highest BCUT2D eigenvalue weighted by molar-refractivity contribution is 7.89. The smallest absolute Gasteiger partial charge is 0.238 e. The zero-order valence-corrected chi connectivity index (χ0v) is 8.71. The maximum absolute atomic E-state index is 11.1. The van der Waals surface area contributed by atoms with E-state index >= 15 is 0 Å². The Balaban J connectivity index is 3.29. The van der Waals surface area contributed by atoms with Crippen LogP contribution in [0.5, 0.6) is 0 Å². The molecule has 4 nitrogen and oxygen atoms in total. The third-order valence-corrected chi connectivity index (χ3v) is 2.91. The number of hydrogen-bond acceptors (Lipinski definition) is 3. The predicted molar refractivity (Wildman–Crippen MR) is 53.3 cm³/mol. The van der Waals surface area contributed by atoms with E-state index in [2.05, 4.69) is 0 Å². The third-order valence-electron chi connectivity index (χ3n) is 1.90. The van der Waals surface area contributed by atoms with Gasteiger partial charge in [0.2, 0.25) is 10.0 Å². The van der Waals surface area contributed by atoms with Crippen molar-refractivity contribution in [1.29, 1.82) is 0 Å². The summed E-state index contributed by atoms with van der Waals surface area (Å²) in [6, 6.07) is 4.87. The minimum atomic E-state index is -3.68. The van der Waals surface area contributed by atoms with E-state index in [0.29, 0.717) is 12.0 Å². The molecule has 0 saturated heterocycles. The molecule has 3 N–H and O–H groups in total. The van der Waals surface area contributed by atoms with Crippen LogP contribution in [0, 0.1) is 6.92 Å². The van der Waals surface area contributed by atoms with E-state index in [0.717, 1.165) is 5.56 Å². The number of rotatable bonds is 3. The van der Waals surface area contributed by atoms with E-state index in [9.17, 15) is 8.42 Å². The maximum Gasteiger partial charge on any atom is 0.238 e. The standard InChI is InChI=1S/C9H13NO3S/c1-7-2-3-9(14(10,12)13)8(6-7)4-5-11/h2-3,6,11H,4-5H2,1H3,(H2,10,12,13). The predicted octanol–water partition coefficient (Wildman–Crippen LogP) is 0.177. The molecule has 0 spiro atoms. The van der Waals surface area contributed by atoms with Gasteiger partial charge in [0.15, 0.2) is 0 Å². The molecule has 0 aliphatic rings. The Morgan fingerprint density at radius 2 is 2.07 bits per heavy atom. The number of primary sulfonamides is 1. The number of benzene rings is 1. The van der Waals surface area contributed by atoms with Crippen molar-refractivity contribution in [2.45, 2.75) is 18.2 Å². The van der Waals surface area contributed by atoms with Crippen LogP contribution >= 0.6 is 0 Å². The Bertz CT molecular complexity index is 426. The molecule has 78 valence electrons. The van der Waals surface area contributed by atoms with Crippen molar-refractivity contribution in [3.8, 4) is 0 Å². The summed E-state index contributed by atoms with van der Waals surface area (Å²) in [7, 11) is -3.68. The molecule has 0 aromatic heterocycles. The number of aryl methyl sites for hydroxylation is 1. The van der Waals surface area contributed by atoms with Crippen LogP contribution in [0.25, 0.3) is 0 Å². The van der Waals surface area contributed by atoms with Gasteiger partial charge < -0.3 is 5.11 Å². The van der Waals surface area contributed by atoms with Crippen molar-refractivity contribution in [2.75, 3.05) is 6.61 Å². The van der Waals surface area contributed by atoms with Gasteiger partial charge in [0.1, 0.15) is 0 Å². The van der Waals surface area contributed by atoms with E-state index in [1.54, 1.807) is 12.1 Å². The molecule has 0 aliphatic heterocycles. The van der Waals surface area contributed by atoms with Crippen LogP contribution in [0.1, 0.15) is 11.1 Å². The minimum absolute atomic E-state index is 0.0913. The lowest BCUT2D eigenvalue weighted by atomic mass is 10.1. The SMILES string of the molecule is Cc1ccc(S(N)(=O)=O)c(CCO)c1. The number of nitrogens with two attached hydrogens (primary N) is 1. The molecule has 0 fully saturated rings. The van der Waals surface area contributed by atoms with Crippen LogP contribution in [0.3, 0.4) is 0 Å². The lowest BCUT2D eigenvalue weighted by molar-refractivity contribution is 0.298. The van der Waals surface area contributed by atoms with Gasteiger partial charge in [-0.2, -0.15) is 0 Å². The Morgan fingerprint density at radius 3 is 2.57 bits per heavy atom. The van der Waals surface area contributed by atoms with Crippen molar-refractivity contribution >= 4 is 10.0 Å². The maximum atomic E-state index is 11.1.